The van der Waals surface area contributed by atoms with Crippen molar-refractivity contribution in [2.75, 3.05) is 17.8 Å². The number of nitrogens with two attached hydrogens (primary N) is 1. The third-order valence-electron chi connectivity index (χ3n) is 3.19. The zero-order chi connectivity index (χ0) is 17.1. The quantitative estimate of drug-likeness (QED) is 0.622. The molecule has 23 heavy (non-hydrogen) atoms. The van der Waals surface area contributed by atoms with Crippen molar-refractivity contribution in [1.82, 2.24) is 0 Å². The van der Waals surface area contributed by atoms with Crippen LogP contribution >= 0.6 is 35.0 Å². The average molecular weight is 377 g/mol. The minimum atomic E-state index is -0.845. The summed E-state index contributed by atoms with van der Waals surface area (Å²) in [6.45, 7) is 0. The highest BCUT2D eigenvalue weighted by Crippen LogP contribution is 2.33. The molecule has 2 N–H and O–H groups in total. The first-order chi connectivity index (χ1) is 10.8. The van der Waals surface area contributed by atoms with Gasteiger partial charge in [0, 0.05) is 22.2 Å². The maximum absolute atomic E-state index is 12.4. The largest absolute Gasteiger partial charge is 0.468 e. The number of halogens is 2. The molecule has 1 heterocycles. The maximum Gasteiger partial charge on any atom is 0.323 e. The molecule has 2 rings (SSSR count). The molecule has 0 spiro atoms. The van der Waals surface area contributed by atoms with Crippen LogP contribution in [0.1, 0.15) is 6.42 Å². The summed E-state index contributed by atoms with van der Waals surface area (Å²) in [5.74, 6) is -1.11. The SMILES string of the molecule is COC(=O)[C@@H](N)CSC1CC(=O)N(c2cc(Cl)cc(Cl)c2)C1=O. The van der Waals surface area contributed by atoms with E-state index in [4.69, 9.17) is 28.9 Å². The van der Waals surface area contributed by atoms with E-state index in [1.807, 2.05) is 0 Å². The van der Waals surface area contributed by atoms with E-state index in [0.29, 0.717) is 15.7 Å². The van der Waals surface area contributed by atoms with Crippen molar-refractivity contribution in [3.63, 3.8) is 0 Å². The molecule has 0 bridgehead atoms. The van der Waals surface area contributed by atoms with Gasteiger partial charge in [0.05, 0.1) is 18.0 Å². The molecule has 9 heteroatoms. The molecule has 0 aromatic heterocycles. The van der Waals surface area contributed by atoms with Crippen molar-refractivity contribution in [2.45, 2.75) is 17.7 Å². The van der Waals surface area contributed by atoms with Crippen LogP contribution < -0.4 is 10.6 Å². The number of benzene rings is 1. The molecule has 6 nitrogen and oxygen atoms in total. The predicted octanol–water partition coefficient (Wildman–Crippen LogP) is 1.86. The number of carbonyl (C=O) groups is 3. The topological polar surface area (TPSA) is 89.7 Å². The van der Waals surface area contributed by atoms with Crippen LogP contribution in [0, 0.1) is 0 Å². The number of hydrogen-bond acceptors (Lipinski definition) is 6. The van der Waals surface area contributed by atoms with E-state index in [-0.39, 0.29) is 24.0 Å². The van der Waals surface area contributed by atoms with Crippen LogP contribution in [-0.4, -0.2) is 41.9 Å². The Kier molecular flexibility index (Phi) is 5.91. The summed E-state index contributed by atoms with van der Waals surface area (Å²) in [4.78, 5) is 36.9. The Morgan fingerprint density at radius 2 is 2.00 bits per heavy atom. The molecule has 2 amide bonds. The molecule has 1 aliphatic heterocycles. The lowest BCUT2D eigenvalue weighted by Gasteiger charge is -2.16. The number of methoxy groups -OCH3 is 1. The normalized spacial score (nSPS) is 19.1. The van der Waals surface area contributed by atoms with Crippen LogP contribution in [0.15, 0.2) is 18.2 Å². The molecule has 1 aromatic rings. The molecule has 1 aromatic carbocycles. The summed E-state index contributed by atoms with van der Waals surface area (Å²) < 4.78 is 4.52. The van der Waals surface area contributed by atoms with Gasteiger partial charge in [0.15, 0.2) is 0 Å². The van der Waals surface area contributed by atoms with Crippen LogP contribution in [0.2, 0.25) is 10.0 Å². The molecular formula is C14H14Cl2N2O4S. The summed E-state index contributed by atoms with van der Waals surface area (Å²) in [5.41, 5.74) is 5.96. The van der Waals surface area contributed by atoms with Crippen LogP contribution in [-0.2, 0) is 19.1 Å². The Morgan fingerprint density at radius 1 is 1.39 bits per heavy atom. The lowest BCUT2D eigenvalue weighted by atomic mass is 10.3. The van der Waals surface area contributed by atoms with E-state index in [1.54, 1.807) is 0 Å². The van der Waals surface area contributed by atoms with Gasteiger partial charge in [0.1, 0.15) is 6.04 Å². The molecule has 124 valence electrons. The van der Waals surface area contributed by atoms with E-state index in [1.165, 1.54) is 25.3 Å². The van der Waals surface area contributed by atoms with Crippen LogP contribution in [0.5, 0.6) is 0 Å². The summed E-state index contributed by atoms with van der Waals surface area (Å²) in [5, 5.41) is 0.0600. The smallest absolute Gasteiger partial charge is 0.323 e. The highest BCUT2D eigenvalue weighted by Gasteiger charge is 2.40. The first-order valence-electron chi connectivity index (χ1n) is 6.61. The molecule has 0 aliphatic carbocycles. The fraction of sp³-hybridized carbons (Fsp3) is 0.357. The highest BCUT2D eigenvalue weighted by atomic mass is 35.5. The Balaban J connectivity index is 2.09. The van der Waals surface area contributed by atoms with Crippen molar-refractivity contribution in [3.8, 4) is 0 Å². The molecule has 1 unspecified atom stereocenters. The fourth-order valence-electron chi connectivity index (χ4n) is 2.11. The molecule has 1 aliphatic rings. The van der Waals surface area contributed by atoms with Gasteiger partial charge in [-0.15, -0.1) is 11.8 Å². The standard InChI is InChI=1S/C14H14Cl2N2O4S/c1-22-14(21)10(17)6-23-11-5-12(19)18(13(11)20)9-3-7(15)2-8(16)4-9/h2-4,10-11H,5-6,17H2,1H3/t10-,11?/m0/s1. The summed E-state index contributed by atoms with van der Waals surface area (Å²) >= 11 is 13.0. The number of thioether (sulfide) groups is 1. The molecular weight excluding hydrogens is 363 g/mol. The van der Waals surface area contributed by atoms with Gasteiger partial charge in [-0.1, -0.05) is 23.2 Å². The predicted molar refractivity (Wildman–Crippen MR) is 89.8 cm³/mol. The van der Waals surface area contributed by atoms with Crippen molar-refractivity contribution >= 4 is 58.4 Å². The van der Waals surface area contributed by atoms with Gasteiger partial charge in [-0.25, -0.2) is 4.90 Å². The summed E-state index contributed by atoms with van der Waals surface area (Å²) in [6, 6.07) is 3.66. The van der Waals surface area contributed by atoms with Crippen molar-refractivity contribution in [1.29, 1.82) is 0 Å². The summed E-state index contributed by atoms with van der Waals surface area (Å²) in [6.07, 6.45) is 0.0293. The van der Waals surface area contributed by atoms with Crippen LogP contribution in [0.3, 0.4) is 0 Å². The van der Waals surface area contributed by atoms with Gasteiger partial charge < -0.3 is 10.5 Å². The number of rotatable bonds is 5. The zero-order valence-electron chi connectivity index (χ0n) is 12.1. The highest BCUT2D eigenvalue weighted by molar-refractivity contribution is 8.00. The van der Waals surface area contributed by atoms with Crippen molar-refractivity contribution < 1.29 is 19.1 Å². The van der Waals surface area contributed by atoms with Crippen molar-refractivity contribution in [2.24, 2.45) is 5.73 Å². The second-order valence-electron chi connectivity index (χ2n) is 4.85. The number of amides is 2. The minimum absolute atomic E-state index is 0.0293. The number of carbonyl (C=O) groups excluding carboxylic acids is 3. The van der Waals surface area contributed by atoms with Gasteiger partial charge in [0.2, 0.25) is 11.8 Å². The van der Waals surface area contributed by atoms with E-state index in [2.05, 4.69) is 4.74 Å². The van der Waals surface area contributed by atoms with Gasteiger partial charge in [-0.05, 0) is 18.2 Å². The van der Waals surface area contributed by atoms with Gasteiger partial charge in [0.25, 0.3) is 0 Å². The van der Waals surface area contributed by atoms with E-state index >= 15 is 0 Å². The van der Waals surface area contributed by atoms with E-state index in [9.17, 15) is 14.4 Å². The Morgan fingerprint density at radius 3 is 2.57 bits per heavy atom. The number of anilines is 1. The zero-order valence-corrected chi connectivity index (χ0v) is 14.5. The lowest BCUT2D eigenvalue weighted by Crippen LogP contribution is -2.35. The van der Waals surface area contributed by atoms with Gasteiger partial charge in [-0.2, -0.15) is 0 Å². The van der Waals surface area contributed by atoms with E-state index in [0.717, 1.165) is 16.7 Å². The first kappa shape index (κ1) is 18.1. The van der Waals surface area contributed by atoms with Gasteiger partial charge >= 0.3 is 5.97 Å². The second-order valence-corrected chi connectivity index (χ2v) is 6.96. The molecule has 2 atom stereocenters. The number of nitrogens with zero attached hydrogens (tertiary/aromatic N) is 1. The number of imide groups is 1. The average Bonchev–Trinajstić information content (AvgIpc) is 2.77. The molecule has 1 saturated heterocycles. The van der Waals surface area contributed by atoms with Crippen LogP contribution in [0.4, 0.5) is 5.69 Å². The monoisotopic (exact) mass is 376 g/mol. The van der Waals surface area contributed by atoms with Crippen LogP contribution in [0.25, 0.3) is 0 Å². The number of hydrogen-bond donors (Lipinski definition) is 1. The van der Waals surface area contributed by atoms with E-state index < -0.39 is 17.3 Å². The fourth-order valence-corrected chi connectivity index (χ4v) is 3.71. The van der Waals surface area contributed by atoms with Crippen molar-refractivity contribution in [3.05, 3.63) is 28.2 Å². The molecule has 0 radical (unpaired) electrons. The second kappa shape index (κ2) is 7.53. The molecule has 1 fully saturated rings. The Hall–Kier alpha value is -1.28. The van der Waals surface area contributed by atoms with Gasteiger partial charge in [-0.3, -0.25) is 14.4 Å². The Labute approximate surface area is 147 Å². The maximum atomic E-state index is 12.4. The third-order valence-corrected chi connectivity index (χ3v) is 4.95. The third kappa shape index (κ3) is 4.17. The number of esters is 1. The first-order valence-corrected chi connectivity index (χ1v) is 8.42. The molecule has 0 saturated carbocycles. The minimum Gasteiger partial charge on any atom is -0.468 e. The number of ether oxygens (including phenoxy) is 1. The summed E-state index contributed by atoms with van der Waals surface area (Å²) in [7, 11) is 1.24. The lowest BCUT2D eigenvalue weighted by molar-refractivity contribution is -0.141. The Bertz CT molecular complexity index is 635.